The number of pyridine rings is 1. The van der Waals surface area contributed by atoms with Crippen molar-refractivity contribution < 1.29 is 32.6 Å². The molecule has 4 N–H and O–H groups in total. The van der Waals surface area contributed by atoms with Crippen molar-refractivity contribution >= 4 is 44.0 Å². The molecular formula is C36H42N4O7S. The molecule has 0 bridgehead atoms. The molecule has 1 aliphatic rings. The van der Waals surface area contributed by atoms with E-state index in [1.165, 1.54) is 11.0 Å². The second-order valence-corrected chi connectivity index (χ2v) is 14.8. The van der Waals surface area contributed by atoms with E-state index in [0.717, 1.165) is 10.8 Å². The Balaban J connectivity index is 1.64. The molecule has 48 heavy (non-hydrogen) atoms. The molecule has 2 heterocycles. The fourth-order valence-corrected chi connectivity index (χ4v) is 7.45. The van der Waals surface area contributed by atoms with Gasteiger partial charge < -0.3 is 30.5 Å². The maximum atomic E-state index is 14.9. The number of nitrogens with zero attached hydrogens (tertiary/aromatic N) is 2. The first kappa shape index (κ1) is 34.5. The van der Waals surface area contributed by atoms with Crippen LogP contribution in [0, 0.1) is 5.92 Å². The number of aliphatic carboxylic acids is 1. The summed E-state index contributed by atoms with van der Waals surface area (Å²) in [5.41, 5.74) is 7.53. The van der Waals surface area contributed by atoms with Gasteiger partial charge in [-0.1, -0.05) is 24.3 Å². The lowest BCUT2D eigenvalue weighted by atomic mass is 9.93. The molecule has 3 aromatic carbocycles. The van der Waals surface area contributed by atoms with Gasteiger partial charge in [-0.15, -0.1) is 0 Å². The first-order valence-corrected chi connectivity index (χ1v) is 17.6. The summed E-state index contributed by atoms with van der Waals surface area (Å²) in [5.74, 6) is -1.19. The standard InChI is InChI=1S/C36H42N4O7S/c1-6-46-30-20-24(11-14-29(30)47-21(2)3)32(39-25-12-13-26-23(19-25)15-17-38-34(26)37)35(41)40-18-16-28(36(42)43)33(40)27-9-7-8-10-31(27)48(44,45)22(4)5/h7-15,17,19-22,28,32-33,39H,6,16,18H2,1-5H3,(H2,37,38)(H,42,43)/t28-,32+,33-/m0/s1. The van der Waals surface area contributed by atoms with E-state index in [0.29, 0.717) is 35.2 Å². The Morgan fingerprint density at radius 3 is 2.48 bits per heavy atom. The minimum atomic E-state index is -3.81. The van der Waals surface area contributed by atoms with Gasteiger partial charge in [0.05, 0.1) is 34.8 Å². The summed E-state index contributed by atoms with van der Waals surface area (Å²) < 4.78 is 38.9. The lowest BCUT2D eigenvalue weighted by Crippen LogP contribution is -2.40. The molecule has 0 unspecified atom stereocenters. The van der Waals surface area contributed by atoms with Crippen LogP contribution in [-0.2, 0) is 19.4 Å². The fourth-order valence-electron chi connectivity index (χ4n) is 6.16. The molecular weight excluding hydrogens is 632 g/mol. The first-order chi connectivity index (χ1) is 22.8. The van der Waals surface area contributed by atoms with E-state index in [9.17, 15) is 23.1 Å². The highest BCUT2D eigenvalue weighted by Crippen LogP contribution is 2.43. The van der Waals surface area contributed by atoms with Crippen LogP contribution in [0.3, 0.4) is 0 Å². The smallest absolute Gasteiger partial charge is 0.309 e. The SMILES string of the molecule is CCOc1cc([C@@H](Nc2ccc3c(N)nccc3c2)C(=O)N2CC[C@H](C(=O)O)[C@@H]2c2ccccc2S(=O)(=O)C(C)C)ccc1OC(C)C. The summed E-state index contributed by atoms with van der Waals surface area (Å²) in [7, 11) is -3.81. The molecule has 0 saturated carbocycles. The van der Waals surface area contributed by atoms with Gasteiger partial charge in [0.15, 0.2) is 21.3 Å². The molecule has 254 valence electrons. The van der Waals surface area contributed by atoms with Gasteiger partial charge in [0.25, 0.3) is 0 Å². The number of nitrogens with one attached hydrogen (secondary N) is 1. The van der Waals surface area contributed by atoms with Gasteiger partial charge >= 0.3 is 5.97 Å². The van der Waals surface area contributed by atoms with E-state index < -0.39 is 45.0 Å². The average molecular weight is 675 g/mol. The lowest BCUT2D eigenvalue weighted by molar-refractivity contribution is -0.143. The number of carboxylic acids is 1. The van der Waals surface area contributed by atoms with Gasteiger partial charge in [0.1, 0.15) is 11.9 Å². The molecule has 0 aliphatic carbocycles. The zero-order valence-corrected chi connectivity index (χ0v) is 28.5. The van der Waals surface area contributed by atoms with Crippen LogP contribution in [0.2, 0.25) is 0 Å². The Morgan fingerprint density at radius 2 is 1.79 bits per heavy atom. The monoisotopic (exact) mass is 674 g/mol. The van der Waals surface area contributed by atoms with Crippen LogP contribution < -0.4 is 20.5 Å². The highest BCUT2D eigenvalue weighted by molar-refractivity contribution is 7.92. The molecule has 11 nitrogen and oxygen atoms in total. The summed E-state index contributed by atoms with van der Waals surface area (Å²) in [5, 5.41) is 14.5. The second kappa shape index (κ2) is 14.1. The maximum Gasteiger partial charge on any atom is 0.309 e. The number of carbonyl (C=O) groups excluding carboxylic acids is 1. The first-order valence-electron chi connectivity index (χ1n) is 16.0. The maximum absolute atomic E-state index is 14.9. The van der Waals surface area contributed by atoms with E-state index in [-0.39, 0.29) is 29.5 Å². The van der Waals surface area contributed by atoms with Gasteiger partial charge in [-0.05, 0) is 100 Å². The number of nitrogens with two attached hydrogens (primary N) is 1. The number of amides is 1. The Kier molecular flexibility index (Phi) is 10.1. The largest absolute Gasteiger partial charge is 0.490 e. The van der Waals surface area contributed by atoms with Crippen molar-refractivity contribution in [2.75, 3.05) is 24.2 Å². The van der Waals surface area contributed by atoms with Crippen molar-refractivity contribution in [3.8, 4) is 11.5 Å². The summed E-state index contributed by atoms with van der Waals surface area (Å²) in [6.45, 7) is 9.29. The van der Waals surface area contributed by atoms with E-state index >= 15 is 0 Å². The van der Waals surface area contributed by atoms with Crippen molar-refractivity contribution in [3.05, 3.63) is 84.1 Å². The van der Waals surface area contributed by atoms with E-state index in [2.05, 4.69) is 10.3 Å². The zero-order valence-electron chi connectivity index (χ0n) is 27.7. The minimum absolute atomic E-state index is 0.0232. The fraction of sp³-hybridized carbons (Fsp3) is 0.361. The molecule has 5 rings (SSSR count). The van der Waals surface area contributed by atoms with Crippen molar-refractivity contribution in [1.29, 1.82) is 0 Å². The molecule has 0 radical (unpaired) electrons. The number of fused-ring (bicyclic) bond motifs is 1. The predicted octanol–water partition coefficient (Wildman–Crippen LogP) is 6.01. The van der Waals surface area contributed by atoms with E-state index in [4.69, 9.17) is 15.2 Å². The number of nitrogen functional groups attached to an aromatic ring is 1. The molecule has 0 spiro atoms. The zero-order chi connectivity index (χ0) is 34.7. The normalized spacial score (nSPS) is 17.1. The van der Waals surface area contributed by atoms with Gasteiger partial charge in [0.2, 0.25) is 5.91 Å². The van der Waals surface area contributed by atoms with Crippen molar-refractivity contribution in [2.45, 2.75) is 69.4 Å². The number of likely N-dealkylation sites (tertiary alicyclic amines) is 1. The number of anilines is 2. The number of carboxylic acid groups (broad SMARTS) is 1. The van der Waals surface area contributed by atoms with Crippen LogP contribution >= 0.6 is 0 Å². The molecule has 3 atom stereocenters. The molecule has 1 saturated heterocycles. The van der Waals surface area contributed by atoms with Gasteiger partial charge in [-0.2, -0.15) is 0 Å². The van der Waals surface area contributed by atoms with Crippen LogP contribution in [0.5, 0.6) is 11.5 Å². The third-order valence-electron chi connectivity index (χ3n) is 8.48. The molecule has 1 aliphatic heterocycles. The highest BCUT2D eigenvalue weighted by Gasteiger charge is 2.46. The Bertz CT molecular complexity index is 1930. The van der Waals surface area contributed by atoms with Crippen LogP contribution in [0.25, 0.3) is 10.8 Å². The number of hydrogen-bond acceptors (Lipinski definition) is 9. The quantitative estimate of drug-likeness (QED) is 0.162. The molecule has 1 fully saturated rings. The average Bonchev–Trinajstić information content (AvgIpc) is 3.50. The summed E-state index contributed by atoms with van der Waals surface area (Å²) in [4.78, 5) is 33.2. The number of aromatic nitrogens is 1. The number of carbonyl (C=O) groups is 2. The van der Waals surface area contributed by atoms with Crippen LogP contribution in [-0.4, -0.2) is 59.8 Å². The predicted molar refractivity (Wildman–Crippen MR) is 185 cm³/mol. The summed E-state index contributed by atoms with van der Waals surface area (Å²) >= 11 is 0. The molecule has 1 aromatic heterocycles. The van der Waals surface area contributed by atoms with Crippen LogP contribution in [0.1, 0.15) is 64.3 Å². The third-order valence-corrected chi connectivity index (χ3v) is 10.7. The minimum Gasteiger partial charge on any atom is -0.490 e. The van der Waals surface area contributed by atoms with Gasteiger partial charge in [0, 0.05) is 23.8 Å². The summed E-state index contributed by atoms with van der Waals surface area (Å²) in [6, 6.07) is 16.9. The Hall–Kier alpha value is -4.84. The van der Waals surface area contributed by atoms with Gasteiger partial charge in [-0.25, -0.2) is 13.4 Å². The van der Waals surface area contributed by atoms with E-state index in [1.54, 1.807) is 62.5 Å². The number of hydrogen-bond donors (Lipinski definition) is 3. The number of sulfone groups is 1. The number of rotatable bonds is 12. The second-order valence-electron chi connectivity index (χ2n) is 12.4. The summed E-state index contributed by atoms with van der Waals surface area (Å²) in [6.07, 6.45) is 1.64. The van der Waals surface area contributed by atoms with E-state index in [1.807, 2.05) is 39.0 Å². The number of ether oxygens (including phenoxy) is 2. The Labute approximate surface area is 281 Å². The molecule has 4 aromatic rings. The van der Waals surface area contributed by atoms with Crippen LogP contribution in [0.15, 0.2) is 77.8 Å². The van der Waals surface area contributed by atoms with Crippen molar-refractivity contribution in [2.24, 2.45) is 5.92 Å². The molecule has 1 amide bonds. The Morgan fingerprint density at radius 1 is 1.04 bits per heavy atom. The molecule has 12 heteroatoms. The lowest BCUT2D eigenvalue weighted by Gasteiger charge is -2.33. The van der Waals surface area contributed by atoms with Crippen molar-refractivity contribution in [3.63, 3.8) is 0 Å². The van der Waals surface area contributed by atoms with Crippen LogP contribution in [0.4, 0.5) is 11.5 Å². The van der Waals surface area contributed by atoms with Crippen molar-refractivity contribution in [1.82, 2.24) is 9.88 Å². The third kappa shape index (κ3) is 6.89. The van der Waals surface area contributed by atoms with Gasteiger partial charge in [-0.3, -0.25) is 9.59 Å². The highest BCUT2D eigenvalue weighted by atomic mass is 32.2. The topological polar surface area (TPSA) is 161 Å². The number of benzene rings is 3.